The summed E-state index contributed by atoms with van der Waals surface area (Å²) in [6, 6.07) is 6.03. The lowest BCUT2D eigenvalue weighted by atomic mass is 10.4. The van der Waals surface area contributed by atoms with E-state index in [-0.39, 0.29) is 5.69 Å². The molecular weight excluding hydrogens is 272 g/mol. The average Bonchev–Trinajstić information content (AvgIpc) is 3.16. The van der Waals surface area contributed by atoms with Crippen molar-refractivity contribution in [3.8, 4) is 16.6 Å². The van der Waals surface area contributed by atoms with Crippen molar-refractivity contribution in [1.82, 2.24) is 19.9 Å². The number of hydrogen-bond donors (Lipinski definition) is 2. The molecule has 0 aromatic carbocycles. The van der Waals surface area contributed by atoms with Gasteiger partial charge in [-0.15, -0.1) is 11.3 Å². The Balaban J connectivity index is 1.72. The minimum atomic E-state index is 0.275. The van der Waals surface area contributed by atoms with Crippen LogP contribution in [0.2, 0.25) is 0 Å². The average molecular weight is 282 g/mol. The Morgan fingerprint density at radius 3 is 3.00 bits per heavy atom. The Kier molecular flexibility index (Phi) is 3.39. The highest BCUT2D eigenvalue weighted by Gasteiger charge is 2.06. The molecule has 3 aromatic heterocycles. The molecule has 6 nitrogen and oxygen atoms in total. The number of nitrogens with one attached hydrogen (secondary N) is 2. The molecule has 98 valence electrons. The number of aromatic nitrogens is 4. The van der Waals surface area contributed by atoms with E-state index in [0.717, 1.165) is 16.4 Å². The van der Waals surface area contributed by atoms with Crippen molar-refractivity contribution < 1.29 is 0 Å². The predicted molar refractivity (Wildman–Crippen MR) is 76.0 cm³/mol. The normalized spacial score (nSPS) is 10.2. The predicted octanol–water partition coefficient (Wildman–Crippen LogP) is 2.41. The summed E-state index contributed by atoms with van der Waals surface area (Å²) in [7, 11) is 0. The van der Waals surface area contributed by atoms with Crippen LogP contribution in [0.25, 0.3) is 10.6 Å². The lowest BCUT2D eigenvalue weighted by Gasteiger charge is -2.03. The maximum atomic E-state index is 8.93. The second kappa shape index (κ2) is 5.50. The fourth-order valence-corrected chi connectivity index (χ4v) is 2.42. The molecule has 0 bridgehead atoms. The third kappa shape index (κ3) is 2.50. The maximum absolute atomic E-state index is 8.93. The molecule has 0 fully saturated rings. The topological polar surface area (TPSA) is 90.3 Å². The highest BCUT2D eigenvalue weighted by Crippen LogP contribution is 2.22. The number of nitriles is 1. The summed E-state index contributed by atoms with van der Waals surface area (Å²) in [5.74, 6) is 1.24. The SMILES string of the molecule is N#Cc1nccnc1NCc1ncc(-c2cccs2)[nH]1. The molecule has 0 spiro atoms. The number of thiophene rings is 1. The van der Waals surface area contributed by atoms with Crippen molar-refractivity contribution in [2.75, 3.05) is 5.32 Å². The van der Waals surface area contributed by atoms with Crippen molar-refractivity contribution in [3.05, 3.63) is 47.6 Å². The van der Waals surface area contributed by atoms with Gasteiger partial charge in [0.1, 0.15) is 11.9 Å². The molecule has 0 aliphatic carbocycles. The Morgan fingerprint density at radius 2 is 2.20 bits per heavy atom. The first kappa shape index (κ1) is 12.3. The monoisotopic (exact) mass is 282 g/mol. The molecule has 0 atom stereocenters. The number of hydrogen-bond acceptors (Lipinski definition) is 6. The van der Waals surface area contributed by atoms with Crippen LogP contribution in [0, 0.1) is 11.3 Å². The van der Waals surface area contributed by atoms with Gasteiger partial charge in [-0.1, -0.05) is 6.07 Å². The first-order chi connectivity index (χ1) is 9.86. The van der Waals surface area contributed by atoms with Crippen LogP contribution >= 0.6 is 11.3 Å². The van der Waals surface area contributed by atoms with Crippen molar-refractivity contribution >= 4 is 17.2 Å². The van der Waals surface area contributed by atoms with E-state index >= 15 is 0 Å². The Bertz CT molecular complexity index is 740. The zero-order valence-electron chi connectivity index (χ0n) is 10.4. The molecule has 0 aliphatic rings. The number of rotatable bonds is 4. The van der Waals surface area contributed by atoms with Gasteiger partial charge >= 0.3 is 0 Å². The van der Waals surface area contributed by atoms with E-state index in [2.05, 4.69) is 25.3 Å². The molecule has 3 aromatic rings. The van der Waals surface area contributed by atoms with Crippen LogP contribution in [0.15, 0.2) is 36.1 Å². The quantitative estimate of drug-likeness (QED) is 0.767. The lowest BCUT2D eigenvalue weighted by molar-refractivity contribution is 0.980. The first-order valence-electron chi connectivity index (χ1n) is 5.89. The minimum absolute atomic E-state index is 0.275. The van der Waals surface area contributed by atoms with Gasteiger partial charge in [-0.25, -0.2) is 15.0 Å². The van der Waals surface area contributed by atoms with Crippen LogP contribution in [-0.4, -0.2) is 19.9 Å². The molecule has 0 saturated carbocycles. The summed E-state index contributed by atoms with van der Waals surface area (Å²) in [5.41, 5.74) is 1.26. The molecule has 3 rings (SSSR count). The standard InChI is InChI=1S/C13H10N6S/c14-6-9-13(16-4-3-15-9)18-8-12-17-7-10(19-12)11-2-1-5-20-11/h1-5,7H,8H2,(H,16,18)(H,17,19). The van der Waals surface area contributed by atoms with Gasteiger partial charge in [0.05, 0.1) is 23.3 Å². The van der Waals surface area contributed by atoms with E-state index in [1.807, 2.05) is 23.6 Å². The molecule has 0 saturated heterocycles. The summed E-state index contributed by atoms with van der Waals surface area (Å²) in [4.78, 5) is 16.7. The van der Waals surface area contributed by atoms with Crippen molar-refractivity contribution in [2.45, 2.75) is 6.54 Å². The van der Waals surface area contributed by atoms with Gasteiger partial charge in [0.25, 0.3) is 0 Å². The lowest BCUT2D eigenvalue weighted by Crippen LogP contribution is -2.05. The number of aromatic amines is 1. The van der Waals surface area contributed by atoms with Crippen LogP contribution in [0.3, 0.4) is 0 Å². The molecule has 0 radical (unpaired) electrons. The van der Waals surface area contributed by atoms with Crippen LogP contribution in [0.4, 0.5) is 5.82 Å². The number of anilines is 1. The van der Waals surface area contributed by atoms with E-state index in [1.165, 1.54) is 6.20 Å². The molecule has 7 heteroatoms. The van der Waals surface area contributed by atoms with E-state index in [0.29, 0.717) is 12.4 Å². The summed E-state index contributed by atoms with van der Waals surface area (Å²) in [5, 5.41) is 14.0. The first-order valence-corrected chi connectivity index (χ1v) is 6.77. The highest BCUT2D eigenvalue weighted by molar-refractivity contribution is 7.13. The van der Waals surface area contributed by atoms with Gasteiger partial charge in [-0.3, -0.25) is 0 Å². The van der Waals surface area contributed by atoms with Crippen molar-refractivity contribution in [2.24, 2.45) is 0 Å². The van der Waals surface area contributed by atoms with Gasteiger partial charge in [0.15, 0.2) is 11.5 Å². The fraction of sp³-hybridized carbons (Fsp3) is 0.0769. The Hall–Kier alpha value is -2.72. The number of imidazole rings is 1. The summed E-state index contributed by atoms with van der Waals surface area (Å²) < 4.78 is 0. The number of nitrogens with zero attached hydrogens (tertiary/aromatic N) is 4. The largest absolute Gasteiger partial charge is 0.360 e. The summed E-state index contributed by atoms with van der Waals surface area (Å²) in [6.45, 7) is 0.457. The fourth-order valence-electron chi connectivity index (χ4n) is 1.73. The summed E-state index contributed by atoms with van der Waals surface area (Å²) >= 11 is 1.65. The van der Waals surface area contributed by atoms with Crippen LogP contribution < -0.4 is 5.32 Å². The van der Waals surface area contributed by atoms with Gasteiger partial charge in [-0.05, 0) is 11.4 Å². The van der Waals surface area contributed by atoms with E-state index in [4.69, 9.17) is 5.26 Å². The van der Waals surface area contributed by atoms with Gasteiger partial charge in [0.2, 0.25) is 0 Å². The second-order valence-electron chi connectivity index (χ2n) is 3.94. The maximum Gasteiger partial charge on any atom is 0.182 e. The molecule has 0 aliphatic heterocycles. The zero-order valence-corrected chi connectivity index (χ0v) is 11.2. The third-order valence-electron chi connectivity index (χ3n) is 2.64. The van der Waals surface area contributed by atoms with E-state index < -0.39 is 0 Å². The van der Waals surface area contributed by atoms with Crippen LogP contribution in [0.5, 0.6) is 0 Å². The minimum Gasteiger partial charge on any atom is -0.360 e. The van der Waals surface area contributed by atoms with Crippen LogP contribution in [0.1, 0.15) is 11.5 Å². The van der Waals surface area contributed by atoms with E-state index in [9.17, 15) is 0 Å². The Labute approximate surface area is 119 Å². The zero-order chi connectivity index (χ0) is 13.8. The van der Waals surface area contributed by atoms with Gasteiger partial charge < -0.3 is 10.3 Å². The van der Waals surface area contributed by atoms with Crippen LogP contribution in [-0.2, 0) is 6.54 Å². The molecule has 0 unspecified atom stereocenters. The van der Waals surface area contributed by atoms with Gasteiger partial charge in [-0.2, -0.15) is 5.26 Å². The van der Waals surface area contributed by atoms with E-state index in [1.54, 1.807) is 23.7 Å². The molecule has 2 N–H and O–H groups in total. The third-order valence-corrected chi connectivity index (χ3v) is 3.55. The van der Waals surface area contributed by atoms with Gasteiger partial charge in [0, 0.05) is 12.4 Å². The van der Waals surface area contributed by atoms with Crippen molar-refractivity contribution in [1.29, 1.82) is 5.26 Å². The second-order valence-corrected chi connectivity index (χ2v) is 4.89. The molecule has 0 amide bonds. The number of H-pyrrole nitrogens is 1. The smallest absolute Gasteiger partial charge is 0.182 e. The Morgan fingerprint density at radius 1 is 1.30 bits per heavy atom. The molecular formula is C13H10N6S. The van der Waals surface area contributed by atoms with Crippen molar-refractivity contribution in [3.63, 3.8) is 0 Å². The summed E-state index contributed by atoms with van der Waals surface area (Å²) in [6.07, 6.45) is 4.83. The molecule has 3 heterocycles. The highest BCUT2D eigenvalue weighted by atomic mass is 32.1. The molecule has 20 heavy (non-hydrogen) atoms.